The van der Waals surface area contributed by atoms with Crippen LogP contribution >= 0.6 is 11.6 Å². The standard InChI is InChI=1S/C7H3ClFN/c1-2-7-6(8)3-5(9)4-10-7/h1,3-4H. The van der Waals surface area contributed by atoms with Crippen LogP contribution in [0.25, 0.3) is 0 Å². The van der Waals surface area contributed by atoms with Gasteiger partial charge in [0.1, 0.15) is 11.5 Å². The molecule has 1 aromatic heterocycles. The molecule has 0 aliphatic rings. The minimum absolute atomic E-state index is 0.169. The highest BCUT2D eigenvalue weighted by Crippen LogP contribution is 2.12. The number of terminal acetylenes is 1. The molecule has 1 rings (SSSR count). The van der Waals surface area contributed by atoms with E-state index in [0.717, 1.165) is 12.3 Å². The van der Waals surface area contributed by atoms with Crippen LogP contribution in [0.3, 0.4) is 0 Å². The summed E-state index contributed by atoms with van der Waals surface area (Å²) in [5, 5.41) is 0.169. The molecule has 0 bridgehead atoms. The summed E-state index contributed by atoms with van der Waals surface area (Å²) >= 11 is 5.48. The van der Waals surface area contributed by atoms with Crippen LogP contribution in [-0.4, -0.2) is 4.98 Å². The van der Waals surface area contributed by atoms with Crippen LogP contribution in [0.2, 0.25) is 5.02 Å². The average Bonchev–Trinajstić information content (AvgIpc) is 1.88. The van der Waals surface area contributed by atoms with Crippen molar-refractivity contribution in [1.29, 1.82) is 0 Å². The van der Waals surface area contributed by atoms with E-state index in [4.69, 9.17) is 18.0 Å². The van der Waals surface area contributed by atoms with Crippen LogP contribution in [0.5, 0.6) is 0 Å². The maximum absolute atomic E-state index is 12.3. The normalized spacial score (nSPS) is 8.90. The van der Waals surface area contributed by atoms with Crippen LogP contribution in [0.4, 0.5) is 4.39 Å². The Labute approximate surface area is 62.8 Å². The fraction of sp³-hybridized carbons (Fsp3) is 0. The minimum Gasteiger partial charge on any atom is -0.243 e. The highest BCUT2D eigenvalue weighted by atomic mass is 35.5. The molecule has 0 saturated carbocycles. The lowest BCUT2D eigenvalue weighted by atomic mass is 10.3. The number of nitrogens with zero attached hydrogens (tertiary/aromatic N) is 1. The van der Waals surface area contributed by atoms with E-state index < -0.39 is 5.82 Å². The zero-order chi connectivity index (χ0) is 7.56. The van der Waals surface area contributed by atoms with Gasteiger partial charge in [0.2, 0.25) is 0 Å². The molecule has 0 N–H and O–H groups in total. The second-order valence-electron chi connectivity index (χ2n) is 1.63. The third-order valence-corrected chi connectivity index (χ3v) is 1.23. The summed E-state index contributed by atoms with van der Waals surface area (Å²) in [5.41, 5.74) is 0.267. The molecule has 0 fully saturated rings. The molecular weight excluding hydrogens is 153 g/mol. The molecule has 50 valence electrons. The van der Waals surface area contributed by atoms with E-state index in [9.17, 15) is 4.39 Å². The van der Waals surface area contributed by atoms with Gasteiger partial charge >= 0.3 is 0 Å². The van der Waals surface area contributed by atoms with Gasteiger partial charge in [-0.1, -0.05) is 11.6 Å². The van der Waals surface area contributed by atoms with Crippen molar-refractivity contribution >= 4 is 11.6 Å². The first-order valence-corrected chi connectivity index (χ1v) is 2.89. The third kappa shape index (κ3) is 1.26. The Kier molecular flexibility index (Phi) is 1.88. The molecule has 0 amide bonds. The number of halogens is 2. The number of rotatable bonds is 0. The maximum atomic E-state index is 12.3. The van der Waals surface area contributed by atoms with Crippen molar-refractivity contribution in [2.75, 3.05) is 0 Å². The lowest BCUT2D eigenvalue weighted by Gasteiger charge is -1.92. The van der Waals surface area contributed by atoms with Gasteiger partial charge in [-0.3, -0.25) is 0 Å². The van der Waals surface area contributed by atoms with Gasteiger partial charge < -0.3 is 0 Å². The van der Waals surface area contributed by atoms with Crippen LogP contribution in [0.15, 0.2) is 12.3 Å². The van der Waals surface area contributed by atoms with Gasteiger partial charge in [-0.05, 0) is 12.0 Å². The van der Waals surface area contributed by atoms with Crippen molar-refractivity contribution in [1.82, 2.24) is 4.98 Å². The molecule has 1 heterocycles. The summed E-state index contributed by atoms with van der Waals surface area (Å²) in [5.74, 6) is 1.73. The van der Waals surface area contributed by atoms with Crippen LogP contribution in [0, 0.1) is 18.2 Å². The SMILES string of the molecule is C#Cc1ncc(F)cc1Cl. The molecule has 10 heavy (non-hydrogen) atoms. The van der Waals surface area contributed by atoms with Gasteiger partial charge in [-0.2, -0.15) is 0 Å². The number of aromatic nitrogens is 1. The fourth-order valence-electron chi connectivity index (χ4n) is 0.521. The van der Waals surface area contributed by atoms with E-state index in [2.05, 4.69) is 10.9 Å². The van der Waals surface area contributed by atoms with Crippen LogP contribution < -0.4 is 0 Å². The van der Waals surface area contributed by atoms with E-state index in [-0.39, 0.29) is 10.7 Å². The first-order valence-electron chi connectivity index (χ1n) is 2.51. The van der Waals surface area contributed by atoms with Gasteiger partial charge in [-0.15, -0.1) is 6.42 Å². The van der Waals surface area contributed by atoms with Crippen molar-refractivity contribution in [2.24, 2.45) is 0 Å². The van der Waals surface area contributed by atoms with Crippen molar-refractivity contribution in [3.05, 3.63) is 28.8 Å². The first kappa shape index (κ1) is 7.04. The smallest absolute Gasteiger partial charge is 0.143 e. The molecule has 0 radical (unpaired) electrons. The lowest BCUT2D eigenvalue weighted by Crippen LogP contribution is -1.84. The maximum Gasteiger partial charge on any atom is 0.143 e. The van der Waals surface area contributed by atoms with Gasteiger partial charge in [0, 0.05) is 0 Å². The Morgan fingerprint density at radius 2 is 2.40 bits per heavy atom. The Morgan fingerprint density at radius 3 is 2.90 bits per heavy atom. The summed E-state index contributed by atoms with van der Waals surface area (Å²) in [7, 11) is 0. The Bertz CT molecular complexity index is 290. The van der Waals surface area contributed by atoms with Gasteiger partial charge in [0.15, 0.2) is 0 Å². The van der Waals surface area contributed by atoms with Crippen molar-refractivity contribution in [3.8, 4) is 12.3 Å². The van der Waals surface area contributed by atoms with Gasteiger partial charge in [-0.25, -0.2) is 9.37 Å². The van der Waals surface area contributed by atoms with E-state index in [1.165, 1.54) is 0 Å². The quantitative estimate of drug-likeness (QED) is 0.521. The second-order valence-corrected chi connectivity index (χ2v) is 2.04. The van der Waals surface area contributed by atoms with E-state index in [0.29, 0.717) is 0 Å². The molecule has 0 aromatic carbocycles. The highest BCUT2D eigenvalue weighted by Gasteiger charge is 1.98. The largest absolute Gasteiger partial charge is 0.243 e. The molecular formula is C7H3ClFN. The van der Waals surface area contributed by atoms with E-state index in [1.807, 2.05) is 0 Å². The van der Waals surface area contributed by atoms with Crippen molar-refractivity contribution in [2.45, 2.75) is 0 Å². The Morgan fingerprint density at radius 1 is 1.70 bits per heavy atom. The van der Waals surface area contributed by atoms with Crippen LogP contribution in [-0.2, 0) is 0 Å². The molecule has 1 nitrogen and oxygen atoms in total. The first-order chi connectivity index (χ1) is 4.74. The zero-order valence-corrected chi connectivity index (χ0v) is 5.69. The highest BCUT2D eigenvalue weighted by molar-refractivity contribution is 6.31. The van der Waals surface area contributed by atoms with Gasteiger partial charge in [0.25, 0.3) is 0 Å². The monoisotopic (exact) mass is 155 g/mol. The van der Waals surface area contributed by atoms with E-state index in [1.54, 1.807) is 0 Å². The Balaban J connectivity index is 3.23. The topological polar surface area (TPSA) is 12.9 Å². The molecule has 1 aromatic rings. The minimum atomic E-state index is -0.482. The summed E-state index contributed by atoms with van der Waals surface area (Å²) in [4.78, 5) is 3.55. The molecule has 0 saturated heterocycles. The second kappa shape index (κ2) is 2.68. The molecule has 0 atom stereocenters. The number of hydrogen-bond acceptors (Lipinski definition) is 1. The van der Waals surface area contributed by atoms with Crippen LogP contribution in [0.1, 0.15) is 5.69 Å². The molecule has 0 aliphatic carbocycles. The van der Waals surface area contributed by atoms with Crippen molar-refractivity contribution in [3.63, 3.8) is 0 Å². The summed E-state index contributed by atoms with van der Waals surface area (Å²) in [6.07, 6.45) is 6.01. The summed E-state index contributed by atoms with van der Waals surface area (Å²) in [6.45, 7) is 0. The Hall–Kier alpha value is -1.07. The molecule has 0 unspecified atom stereocenters. The third-order valence-electron chi connectivity index (χ3n) is 0.945. The van der Waals surface area contributed by atoms with Crippen molar-refractivity contribution < 1.29 is 4.39 Å². The molecule has 0 aliphatic heterocycles. The molecule has 3 heteroatoms. The molecule has 0 spiro atoms. The van der Waals surface area contributed by atoms with Gasteiger partial charge in [0.05, 0.1) is 11.2 Å². The predicted octanol–water partition coefficient (Wildman–Crippen LogP) is 1.86. The number of hydrogen-bond donors (Lipinski definition) is 0. The fourth-order valence-corrected chi connectivity index (χ4v) is 0.728. The lowest BCUT2D eigenvalue weighted by molar-refractivity contribution is 0.621. The summed E-state index contributed by atoms with van der Waals surface area (Å²) < 4.78 is 12.3. The van der Waals surface area contributed by atoms with E-state index >= 15 is 0 Å². The number of pyridine rings is 1. The average molecular weight is 156 g/mol. The zero-order valence-electron chi connectivity index (χ0n) is 4.94. The predicted molar refractivity (Wildman–Crippen MR) is 37.1 cm³/mol. The summed E-state index contributed by atoms with van der Waals surface area (Å²) in [6, 6.07) is 1.13.